The summed E-state index contributed by atoms with van der Waals surface area (Å²) < 4.78 is 0. The Bertz CT molecular complexity index is 999. The third-order valence-electron chi connectivity index (χ3n) is 5.22. The Labute approximate surface area is 186 Å². The number of hydrogen-bond acceptors (Lipinski definition) is 5. The van der Waals surface area contributed by atoms with E-state index in [4.69, 9.17) is 11.6 Å². The fourth-order valence-corrected chi connectivity index (χ4v) is 4.57. The summed E-state index contributed by atoms with van der Waals surface area (Å²) in [6.07, 6.45) is 1.04. The van der Waals surface area contributed by atoms with Crippen molar-refractivity contribution in [1.82, 2.24) is 9.88 Å². The second-order valence-electron chi connectivity index (χ2n) is 7.57. The van der Waals surface area contributed by atoms with Crippen molar-refractivity contribution < 1.29 is 4.79 Å². The normalized spacial score (nSPS) is 14.7. The van der Waals surface area contributed by atoms with Crippen LogP contribution in [0.5, 0.6) is 0 Å². The molecule has 156 valence electrons. The fraction of sp³-hybridized carbons (Fsp3) is 0.304. The molecule has 5 nitrogen and oxygen atoms in total. The van der Waals surface area contributed by atoms with Crippen molar-refractivity contribution in [1.29, 1.82) is 0 Å². The van der Waals surface area contributed by atoms with Crippen LogP contribution in [0.15, 0.2) is 53.9 Å². The molecule has 1 saturated heterocycles. The molecule has 0 saturated carbocycles. The summed E-state index contributed by atoms with van der Waals surface area (Å²) in [7, 11) is 2.13. The SMILES string of the molecule is CN1CCN(c2ccc(Cl)cc2NC(=O)Cc2csc(Cc3ccccc3)n2)CC1. The number of likely N-dealkylation sites (N-methyl/N-ethyl adjacent to an activating group) is 1. The summed E-state index contributed by atoms with van der Waals surface area (Å²) in [5.41, 5.74) is 3.80. The van der Waals surface area contributed by atoms with Crippen molar-refractivity contribution in [2.75, 3.05) is 43.4 Å². The first-order chi connectivity index (χ1) is 14.6. The van der Waals surface area contributed by atoms with E-state index in [9.17, 15) is 4.79 Å². The van der Waals surface area contributed by atoms with Crippen molar-refractivity contribution in [3.63, 3.8) is 0 Å². The summed E-state index contributed by atoms with van der Waals surface area (Å²) in [4.78, 5) is 22.0. The maximum atomic E-state index is 12.7. The van der Waals surface area contributed by atoms with Gasteiger partial charge >= 0.3 is 0 Å². The minimum Gasteiger partial charge on any atom is -0.367 e. The number of thiazole rings is 1. The summed E-state index contributed by atoms with van der Waals surface area (Å²) >= 11 is 7.81. The summed E-state index contributed by atoms with van der Waals surface area (Å²) in [5, 5.41) is 6.65. The molecule has 2 heterocycles. The molecule has 2 aromatic carbocycles. The second-order valence-corrected chi connectivity index (χ2v) is 8.95. The maximum absolute atomic E-state index is 12.7. The van der Waals surface area contributed by atoms with E-state index >= 15 is 0 Å². The lowest BCUT2D eigenvalue weighted by molar-refractivity contribution is -0.115. The number of halogens is 1. The van der Waals surface area contributed by atoms with Gasteiger partial charge in [0.1, 0.15) is 0 Å². The highest BCUT2D eigenvalue weighted by molar-refractivity contribution is 7.09. The van der Waals surface area contributed by atoms with E-state index in [1.165, 1.54) is 5.56 Å². The number of benzene rings is 2. The zero-order valence-electron chi connectivity index (χ0n) is 17.0. The lowest BCUT2D eigenvalue weighted by atomic mass is 10.2. The minimum atomic E-state index is -0.0794. The third kappa shape index (κ3) is 5.39. The molecular formula is C23H25ClN4OS. The zero-order chi connectivity index (χ0) is 20.9. The van der Waals surface area contributed by atoms with Gasteiger partial charge in [-0.3, -0.25) is 4.79 Å². The Kier molecular flexibility index (Phi) is 6.67. The maximum Gasteiger partial charge on any atom is 0.230 e. The largest absolute Gasteiger partial charge is 0.367 e. The molecule has 1 aliphatic rings. The van der Waals surface area contributed by atoms with E-state index in [1.54, 1.807) is 11.3 Å². The average molecular weight is 441 g/mol. The number of aromatic nitrogens is 1. The third-order valence-corrected chi connectivity index (χ3v) is 6.35. The van der Waals surface area contributed by atoms with Crippen LogP contribution in [0.4, 0.5) is 11.4 Å². The van der Waals surface area contributed by atoms with Gasteiger partial charge in [-0.05, 0) is 30.8 Å². The Balaban J connectivity index is 1.41. The Morgan fingerprint density at radius 2 is 1.90 bits per heavy atom. The first kappa shape index (κ1) is 20.8. The van der Waals surface area contributed by atoms with Gasteiger partial charge in [0, 0.05) is 43.0 Å². The van der Waals surface area contributed by atoms with Gasteiger partial charge in [-0.15, -0.1) is 11.3 Å². The summed E-state index contributed by atoms with van der Waals surface area (Å²) in [5.74, 6) is -0.0794. The van der Waals surface area contributed by atoms with Crippen LogP contribution in [0, 0.1) is 0 Å². The molecule has 0 spiro atoms. The quantitative estimate of drug-likeness (QED) is 0.620. The summed E-state index contributed by atoms with van der Waals surface area (Å²) in [6, 6.07) is 15.9. The molecule has 0 unspecified atom stereocenters. The van der Waals surface area contributed by atoms with Gasteiger partial charge in [0.25, 0.3) is 0 Å². The predicted octanol–water partition coefficient (Wildman–Crippen LogP) is 4.32. The van der Waals surface area contributed by atoms with Crippen LogP contribution in [0.3, 0.4) is 0 Å². The number of rotatable bonds is 6. The standard InChI is InChI=1S/C23H25ClN4OS/c1-27-9-11-28(12-10-27)21-8-7-18(24)14-20(21)26-22(29)15-19-16-30-23(25-19)13-17-5-3-2-4-6-17/h2-8,14,16H,9-13,15H2,1H3,(H,26,29). The van der Waals surface area contributed by atoms with Crippen molar-refractivity contribution >= 4 is 40.2 Å². The number of carbonyl (C=O) groups is 1. The average Bonchev–Trinajstić information content (AvgIpc) is 3.16. The molecule has 4 rings (SSSR count). The number of nitrogens with one attached hydrogen (secondary N) is 1. The monoisotopic (exact) mass is 440 g/mol. The van der Waals surface area contributed by atoms with Crippen LogP contribution in [-0.4, -0.2) is 49.0 Å². The first-order valence-corrected chi connectivity index (χ1v) is 11.3. The van der Waals surface area contributed by atoms with Crippen LogP contribution in [0.25, 0.3) is 0 Å². The topological polar surface area (TPSA) is 48.5 Å². The van der Waals surface area contributed by atoms with Gasteiger partial charge in [-0.2, -0.15) is 0 Å². The van der Waals surface area contributed by atoms with Gasteiger partial charge in [0.15, 0.2) is 0 Å². The highest BCUT2D eigenvalue weighted by Crippen LogP contribution is 2.30. The predicted molar refractivity (Wildman–Crippen MR) is 125 cm³/mol. The lowest BCUT2D eigenvalue weighted by Crippen LogP contribution is -2.44. The number of carbonyl (C=O) groups excluding carboxylic acids is 1. The van der Waals surface area contributed by atoms with Crippen molar-refractivity contribution in [3.05, 3.63) is 75.2 Å². The van der Waals surface area contributed by atoms with E-state index in [2.05, 4.69) is 39.3 Å². The Morgan fingerprint density at radius 3 is 2.67 bits per heavy atom. The van der Waals surface area contributed by atoms with Crippen molar-refractivity contribution in [3.8, 4) is 0 Å². The van der Waals surface area contributed by atoms with E-state index in [1.807, 2.05) is 41.8 Å². The highest BCUT2D eigenvalue weighted by Gasteiger charge is 2.19. The van der Waals surface area contributed by atoms with Gasteiger partial charge in [-0.1, -0.05) is 41.9 Å². The molecule has 0 atom stereocenters. The van der Waals surface area contributed by atoms with E-state index in [0.717, 1.165) is 54.7 Å². The first-order valence-electron chi connectivity index (χ1n) is 10.1. The molecule has 30 heavy (non-hydrogen) atoms. The van der Waals surface area contributed by atoms with Crippen molar-refractivity contribution in [2.24, 2.45) is 0 Å². The molecule has 0 bridgehead atoms. The fourth-order valence-electron chi connectivity index (χ4n) is 3.57. The van der Waals surface area contributed by atoms with E-state index in [-0.39, 0.29) is 12.3 Å². The Morgan fingerprint density at radius 1 is 1.13 bits per heavy atom. The molecular weight excluding hydrogens is 416 g/mol. The van der Waals surface area contributed by atoms with Crippen LogP contribution >= 0.6 is 22.9 Å². The summed E-state index contributed by atoms with van der Waals surface area (Å²) in [6.45, 7) is 3.85. The van der Waals surface area contributed by atoms with E-state index < -0.39 is 0 Å². The molecule has 7 heteroatoms. The number of amides is 1. The van der Waals surface area contributed by atoms with Crippen molar-refractivity contribution in [2.45, 2.75) is 12.8 Å². The second kappa shape index (κ2) is 9.60. The molecule has 1 N–H and O–H groups in total. The highest BCUT2D eigenvalue weighted by atomic mass is 35.5. The smallest absolute Gasteiger partial charge is 0.230 e. The molecule has 1 aromatic heterocycles. The van der Waals surface area contributed by atoms with E-state index in [0.29, 0.717) is 5.02 Å². The lowest BCUT2D eigenvalue weighted by Gasteiger charge is -2.35. The number of piperazine rings is 1. The molecule has 1 aliphatic heterocycles. The zero-order valence-corrected chi connectivity index (χ0v) is 18.5. The number of nitrogens with zero attached hydrogens (tertiary/aromatic N) is 3. The van der Waals surface area contributed by atoms with Crippen LogP contribution < -0.4 is 10.2 Å². The molecule has 1 fully saturated rings. The molecule has 1 amide bonds. The van der Waals surface area contributed by atoms with Gasteiger partial charge in [0.2, 0.25) is 5.91 Å². The van der Waals surface area contributed by atoms with Gasteiger partial charge in [0.05, 0.1) is 28.5 Å². The number of anilines is 2. The molecule has 0 aliphatic carbocycles. The number of hydrogen-bond donors (Lipinski definition) is 1. The molecule has 0 radical (unpaired) electrons. The van der Waals surface area contributed by atoms with Gasteiger partial charge in [-0.25, -0.2) is 4.98 Å². The molecule has 3 aromatic rings. The Hall–Kier alpha value is -2.41. The minimum absolute atomic E-state index is 0.0794. The van der Waals surface area contributed by atoms with Gasteiger partial charge < -0.3 is 15.1 Å². The van der Waals surface area contributed by atoms with Crippen LogP contribution in [0.1, 0.15) is 16.3 Å². The van der Waals surface area contributed by atoms with Crippen LogP contribution in [0.2, 0.25) is 5.02 Å². The van der Waals surface area contributed by atoms with Crippen LogP contribution in [-0.2, 0) is 17.6 Å².